The minimum Gasteiger partial charge on any atom is -0.389 e. The number of piperazine rings is 1. The number of amides is 2. The molecule has 1 saturated heterocycles. The fourth-order valence-electron chi connectivity index (χ4n) is 3.79. The van der Waals surface area contributed by atoms with E-state index in [0.717, 1.165) is 36.5 Å². The number of likely N-dealkylation sites (N-methyl/N-ethyl adjacent to an activating group) is 1. The molecule has 1 aliphatic carbocycles. The van der Waals surface area contributed by atoms with Gasteiger partial charge in [-0.25, -0.2) is 4.98 Å². The minimum absolute atomic E-state index is 0.00325. The van der Waals surface area contributed by atoms with Gasteiger partial charge in [-0.2, -0.15) is 0 Å². The second-order valence-electron chi connectivity index (χ2n) is 6.95. The second-order valence-corrected chi connectivity index (χ2v) is 8.01. The number of nitrogens with one attached hydrogen (secondary N) is 1. The van der Waals surface area contributed by atoms with Gasteiger partial charge in [0, 0.05) is 37.6 Å². The number of aliphatic hydroxyl groups excluding tert-OH is 1. The van der Waals surface area contributed by atoms with Crippen molar-refractivity contribution in [2.75, 3.05) is 26.7 Å². The first-order valence-corrected chi connectivity index (χ1v) is 9.89. The molecule has 3 atom stereocenters. The first kappa shape index (κ1) is 19.0. The Morgan fingerprint density at radius 3 is 3.00 bits per heavy atom. The fourth-order valence-corrected chi connectivity index (χ4v) is 4.37. The summed E-state index contributed by atoms with van der Waals surface area (Å²) in [6.07, 6.45) is 5.11. The van der Waals surface area contributed by atoms with Crippen LogP contribution in [0.1, 0.15) is 30.0 Å². The standard InChI is InChI=1S/C18H26N4O3S/c1-12-20-13(11-26-12)6-7-17(24)21(2)14-4-3-5-15(18(14)25)22-9-8-19-16(23)10-22/h6-7,11,14-15,18,25H,3-5,8-10H2,1-2H3,(H,19,23)/b7-6+/t14-,15-,18-/m1/s1. The van der Waals surface area contributed by atoms with Crippen molar-refractivity contribution in [1.82, 2.24) is 20.1 Å². The molecule has 26 heavy (non-hydrogen) atoms. The number of aromatic nitrogens is 1. The number of aryl methyl sites for hydroxylation is 1. The Morgan fingerprint density at radius 2 is 2.31 bits per heavy atom. The second kappa shape index (κ2) is 8.28. The van der Waals surface area contributed by atoms with Crippen molar-refractivity contribution in [1.29, 1.82) is 0 Å². The van der Waals surface area contributed by atoms with Gasteiger partial charge in [0.15, 0.2) is 0 Å². The highest BCUT2D eigenvalue weighted by Crippen LogP contribution is 2.27. The lowest BCUT2D eigenvalue weighted by molar-refractivity contribution is -0.135. The Labute approximate surface area is 157 Å². The highest BCUT2D eigenvalue weighted by Gasteiger charge is 2.39. The SMILES string of the molecule is Cc1nc(/C=C/C(=O)N(C)[C@@H]2CCC[C@@H](N3CCNC(=O)C3)[C@@H]2O)cs1. The predicted octanol–water partition coefficient (Wildman–Crippen LogP) is 0.637. The number of aliphatic hydroxyl groups is 1. The van der Waals surface area contributed by atoms with Crippen molar-refractivity contribution < 1.29 is 14.7 Å². The molecule has 1 saturated carbocycles. The van der Waals surface area contributed by atoms with E-state index in [2.05, 4.69) is 10.3 Å². The van der Waals surface area contributed by atoms with Crippen molar-refractivity contribution in [2.24, 2.45) is 0 Å². The van der Waals surface area contributed by atoms with Crippen LogP contribution in [0.4, 0.5) is 0 Å². The molecular formula is C18H26N4O3S. The van der Waals surface area contributed by atoms with Crippen LogP contribution in [0.3, 0.4) is 0 Å². The Hall–Kier alpha value is -1.77. The number of carbonyl (C=O) groups excluding carboxylic acids is 2. The molecule has 1 aliphatic heterocycles. The van der Waals surface area contributed by atoms with Gasteiger partial charge in [0.05, 0.1) is 29.4 Å². The van der Waals surface area contributed by atoms with Crippen LogP contribution in [0, 0.1) is 6.92 Å². The molecular weight excluding hydrogens is 352 g/mol. The van der Waals surface area contributed by atoms with E-state index in [1.807, 2.05) is 17.2 Å². The number of nitrogens with zero attached hydrogens (tertiary/aromatic N) is 3. The Bertz CT molecular complexity index is 690. The summed E-state index contributed by atoms with van der Waals surface area (Å²) in [7, 11) is 1.73. The first-order chi connectivity index (χ1) is 12.5. The Balaban J connectivity index is 1.64. The third-order valence-electron chi connectivity index (χ3n) is 5.20. The molecule has 0 radical (unpaired) electrons. The average Bonchev–Trinajstić information content (AvgIpc) is 3.04. The summed E-state index contributed by atoms with van der Waals surface area (Å²) in [4.78, 5) is 32.2. The van der Waals surface area contributed by atoms with Gasteiger partial charge >= 0.3 is 0 Å². The molecule has 7 nitrogen and oxygen atoms in total. The molecule has 2 aliphatic rings. The number of rotatable bonds is 4. The van der Waals surface area contributed by atoms with Gasteiger partial charge < -0.3 is 15.3 Å². The summed E-state index contributed by atoms with van der Waals surface area (Å²) >= 11 is 1.54. The Kier molecular flexibility index (Phi) is 6.05. The summed E-state index contributed by atoms with van der Waals surface area (Å²) in [6, 6.07) is -0.326. The number of thiazole rings is 1. The first-order valence-electron chi connectivity index (χ1n) is 9.01. The van der Waals surface area contributed by atoms with Crippen LogP contribution in [0.15, 0.2) is 11.5 Å². The topological polar surface area (TPSA) is 85.8 Å². The number of hydrogen-bond donors (Lipinski definition) is 2. The number of hydrogen-bond acceptors (Lipinski definition) is 6. The van der Waals surface area contributed by atoms with E-state index in [4.69, 9.17) is 0 Å². The molecule has 0 aromatic carbocycles. The monoisotopic (exact) mass is 378 g/mol. The van der Waals surface area contributed by atoms with Crippen molar-refractivity contribution in [3.8, 4) is 0 Å². The van der Waals surface area contributed by atoms with Gasteiger partial charge in [-0.05, 0) is 32.3 Å². The molecule has 0 unspecified atom stereocenters. The van der Waals surface area contributed by atoms with Crippen LogP contribution < -0.4 is 5.32 Å². The highest BCUT2D eigenvalue weighted by atomic mass is 32.1. The van der Waals surface area contributed by atoms with Gasteiger partial charge in [-0.3, -0.25) is 14.5 Å². The summed E-state index contributed by atoms with van der Waals surface area (Å²) < 4.78 is 0. The number of carbonyl (C=O) groups is 2. The van der Waals surface area contributed by atoms with Crippen molar-refractivity contribution in [3.63, 3.8) is 0 Å². The predicted molar refractivity (Wildman–Crippen MR) is 101 cm³/mol. The molecule has 2 N–H and O–H groups in total. The lowest BCUT2D eigenvalue weighted by atomic mass is 9.86. The summed E-state index contributed by atoms with van der Waals surface area (Å²) in [6.45, 7) is 3.59. The van der Waals surface area contributed by atoms with Gasteiger partial charge in [-0.1, -0.05) is 0 Å². The van der Waals surface area contributed by atoms with E-state index in [9.17, 15) is 14.7 Å². The molecule has 1 aromatic rings. The quantitative estimate of drug-likeness (QED) is 0.751. The Morgan fingerprint density at radius 1 is 1.50 bits per heavy atom. The molecule has 0 spiro atoms. The maximum Gasteiger partial charge on any atom is 0.246 e. The zero-order valence-corrected chi connectivity index (χ0v) is 16.0. The van der Waals surface area contributed by atoms with E-state index in [-0.39, 0.29) is 23.9 Å². The van der Waals surface area contributed by atoms with Crippen LogP contribution in [0.5, 0.6) is 0 Å². The zero-order chi connectivity index (χ0) is 18.7. The molecule has 0 bridgehead atoms. The molecule has 2 fully saturated rings. The normalized spacial score (nSPS) is 27.5. The van der Waals surface area contributed by atoms with Crippen LogP contribution in [-0.4, -0.2) is 76.6 Å². The van der Waals surface area contributed by atoms with Crippen LogP contribution in [0.25, 0.3) is 6.08 Å². The third kappa shape index (κ3) is 4.31. The molecule has 8 heteroatoms. The lowest BCUT2D eigenvalue weighted by Crippen LogP contribution is -2.60. The molecule has 1 aromatic heterocycles. The van der Waals surface area contributed by atoms with Gasteiger partial charge in [0.2, 0.25) is 11.8 Å². The minimum atomic E-state index is -0.654. The van der Waals surface area contributed by atoms with Gasteiger partial charge in [-0.15, -0.1) is 11.3 Å². The van der Waals surface area contributed by atoms with E-state index >= 15 is 0 Å². The average molecular weight is 378 g/mol. The fraction of sp³-hybridized carbons (Fsp3) is 0.611. The maximum atomic E-state index is 12.5. The molecule has 2 heterocycles. The molecule has 2 amide bonds. The van der Waals surface area contributed by atoms with Crippen LogP contribution in [-0.2, 0) is 9.59 Å². The van der Waals surface area contributed by atoms with Crippen molar-refractivity contribution in [2.45, 2.75) is 44.4 Å². The molecule has 3 rings (SSSR count). The van der Waals surface area contributed by atoms with Crippen LogP contribution in [0.2, 0.25) is 0 Å². The van der Waals surface area contributed by atoms with Crippen LogP contribution >= 0.6 is 11.3 Å². The highest BCUT2D eigenvalue weighted by molar-refractivity contribution is 7.09. The zero-order valence-electron chi connectivity index (χ0n) is 15.2. The lowest BCUT2D eigenvalue weighted by Gasteiger charge is -2.45. The summed E-state index contributed by atoms with van der Waals surface area (Å²) in [5.41, 5.74) is 0.774. The van der Waals surface area contributed by atoms with Gasteiger partial charge in [0.1, 0.15) is 0 Å². The smallest absolute Gasteiger partial charge is 0.246 e. The van der Waals surface area contributed by atoms with E-state index < -0.39 is 6.10 Å². The molecule has 142 valence electrons. The van der Waals surface area contributed by atoms with Crippen molar-refractivity contribution >= 4 is 29.2 Å². The summed E-state index contributed by atoms with van der Waals surface area (Å²) in [5, 5.41) is 16.6. The third-order valence-corrected chi connectivity index (χ3v) is 6.00. The van der Waals surface area contributed by atoms with E-state index in [0.29, 0.717) is 13.1 Å². The maximum absolute atomic E-state index is 12.5. The summed E-state index contributed by atoms with van der Waals surface area (Å²) in [5.74, 6) is -0.145. The van der Waals surface area contributed by atoms with Gasteiger partial charge in [0.25, 0.3) is 0 Å². The van der Waals surface area contributed by atoms with Crippen molar-refractivity contribution in [3.05, 3.63) is 22.2 Å². The largest absolute Gasteiger partial charge is 0.389 e. The van der Waals surface area contributed by atoms with E-state index in [1.165, 1.54) is 6.08 Å². The van der Waals surface area contributed by atoms with E-state index in [1.54, 1.807) is 29.4 Å².